The van der Waals surface area contributed by atoms with E-state index in [1.165, 1.54) is 0 Å². The highest BCUT2D eigenvalue weighted by Crippen LogP contribution is 2.64. The van der Waals surface area contributed by atoms with E-state index in [1.54, 1.807) is 13.0 Å². The second-order valence-corrected chi connectivity index (χ2v) is 9.01. The van der Waals surface area contributed by atoms with Gasteiger partial charge in [-0.15, -0.1) is 0 Å². The molecule has 2 rings (SSSR count). The third kappa shape index (κ3) is 3.30. The molecule has 2 aliphatic carbocycles. The first-order valence-corrected chi connectivity index (χ1v) is 9.52. The van der Waals surface area contributed by atoms with Gasteiger partial charge < -0.3 is 25.5 Å². The Balaban J connectivity index is 2.34. The molecule has 0 amide bonds. The number of aliphatic hydroxyl groups is 5. The predicted octanol–water partition coefficient (Wildman–Crippen LogP) is 1.61. The van der Waals surface area contributed by atoms with Gasteiger partial charge in [0.1, 0.15) is 6.10 Å². The maximum atomic E-state index is 11.1. The molecule has 0 saturated heterocycles. The number of hydrogen-bond acceptors (Lipinski definition) is 5. The summed E-state index contributed by atoms with van der Waals surface area (Å²) in [5.74, 6) is 0.490. The summed E-state index contributed by atoms with van der Waals surface area (Å²) < 4.78 is 0. The lowest BCUT2D eigenvalue weighted by atomic mass is 9.42. The average molecular weight is 357 g/mol. The van der Waals surface area contributed by atoms with Crippen LogP contribution in [0.15, 0.2) is 11.6 Å². The molecular weight excluding hydrogens is 320 g/mol. The van der Waals surface area contributed by atoms with E-state index in [4.69, 9.17) is 5.11 Å². The molecule has 2 saturated carbocycles. The van der Waals surface area contributed by atoms with E-state index in [2.05, 4.69) is 13.8 Å². The van der Waals surface area contributed by atoms with Crippen molar-refractivity contribution in [1.82, 2.24) is 0 Å². The number of hydrogen-bond donors (Lipinski definition) is 5. The number of fused-ring (bicyclic) bond motifs is 1. The Morgan fingerprint density at radius 2 is 1.80 bits per heavy atom. The van der Waals surface area contributed by atoms with E-state index in [0.717, 1.165) is 24.8 Å². The lowest BCUT2D eigenvalue weighted by molar-refractivity contribution is -0.263. The Bertz CT molecular complexity index is 502. The minimum atomic E-state index is -1.34. The zero-order valence-corrected chi connectivity index (χ0v) is 16.1. The highest BCUT2D eigenvalue weighted by molar-refractivity contribution is 5.15. The normalized spacial score (nSPS) is 48.3. The van der Waals surface area contributed by atoms with Crippen LogP contribution in [0.3, 0.4) is 0 Å². The minimum absolute atomic E-state index is 0.0635. The summed E-state index contributed by atoms with van der Waals surface area (Å²) in [6.45, 7) is 8.00. The largest absolute Gasteiger partial charge is 0.392 e. The Labute approximate surface area is 151 Å². The SMILES string of the molecule is CC1CCC2(C)C(CC(O)C(O)C2(C)O)C1(C)CCC(=CCO)CO. The quantitative estimate of drug-likeness (QED) is 0.482. The Morgan fingerprint density at radius 3 is 2.36 bits per heavy atom. The molecule has 0 aliphatic heterocycles. The standard InChI is InChI=1S/C20H36O5/c1-13-5-9-19(3)16(11-15(23)17(24)20(19,4)25)18(13,2)8-6-14(12-22)7-10-21/h7,13,15-17,21-25H,5-6,8-12H2,1-4H3. The van der Waals surface area contributed by atoms with E-state index in [-0.39, 0.29) is 24.5 Å². The molecule has 0 aromatic carbocycles. The van der Waals surface area contributed by atoms with Crippen LogP contribution in [0.1, 0.15) is 59.8 Å². The highest BCUT2D eigenvalue weighted by atomic mass is 16.4. The monoisotopic (exact) mass is 356 g/mol. The molecule has 7 unspecified atom stereocenters. The fraction of sp³-hybridized carbons (Fsp3) is 0.900. The molecule has 0 bridgehead atoms. The van der Waals surface area contributed by atoms with Crippen LogP contribution in [0.2, 0.25) is 0 Å². The van der Waals surface area contributed by atoms with E-state index in [9.17, 15) is 20.4 Å². The van der Waals surface area contributed by atoms with Gasteiger partial charge in [0.25, 0.3) is 0 Å². The van der Waals surface area contributed by atoms with Crippen molar-refractivity contribution in [3.63, 3.8) is 0 Å². The topological polar surface area (TPSA) is 101 Å². The molecule has 2 fully saturated rings. The lowest BCUT2D eigenvalue weighted by Gasteiger charge is -2.64. The van der Waals surface area contributed by atoms with Crippen LogP contribution in [-0.2, 0) is 0 Å². The van der Waals surface area contributed by atoms with Crippen LogP contribution < -0.4 is 0 Å². The summed E-state index contributed by atoms with van der Waals surface area (Å²) in [4.78, 5) is 0. The zero-order chi connectivity index (χ0) is 19.0. The molecule has 0 radical (unpaired) electrons. The Hall–Kier alpha value is -0.460. The summed E-state index contributed by atoms with van der Waals surface area (Å²) in [6, 6.07) is 0. The zero-order valence-electron chi connectivity index (χ0n) is 16.1. The molecule has 0 heterocycles. The summed E-state index contributed by atoms with van der Waals surface area (Å²) in [5.41, 5.74) is -1.10. The Morgan fingerprint density at radius 1 is 1.16 bits per heavy atom. The molecule has 0 spiro atoms. The molecule has 0 aromatic heterocycles. The van der Waals surface area contributed by atoms with Gasteiger partial charge in [0, 0.05) is 5.41 Å². The third-order valence-corrected chi connectivity index (χ3v) is 7.93. The molecule has 2 aliphatic rings. The van der Waals surface area contributed by atoms with Crippen LogP contribution in [0, 0.1) is 22.7 Å². The average Bonchev–Trinajstić information content (AvgIpc) is 2.57. The van der Waals surface area contributed by atoms with Gasteiger partial charge in [-0.3, -0.25) is 0 Å². The van der Waals surface area contributed by atoms with Crippen molar-refractivity contribution >= 4 is 0 Å². The first-order valence-electron chi connectivity index (χ1n) is 9.52. The van der Waals surface area contributed by atoms with E-state index >= 15 is 0 Å². The number of aliphatic hydroxyl groups excluding tert-OH is 4. The van der Waals surface area contributed by atoms with Crippen LogP contribution in [0.25, 0.3) is 0 Å². The number of rotatable bonds is 5. The van der Waals surface area contributed by atoms with Gasteiger partial charge in [0.15, 0.2) is 0 Å². The molecule has 5 heteroatoms. The maximum Gasteiger partial charge on any atom is 0.109 e. The first kappa shape index (κ1) is 20.8. The smallest absolute Gasteiger partial charge is 0.109 e. The predicted molar refractivity (Wildman–Crippen MR) is 96.8 cm³/mol. The second kappa shape index (κ2) is 7.28. The molecule has 25 heavy (non-hydrogen) atoms. The third-order valence-electron chi connectivity index (χ3n) is 7.93. The minimum Gasteiger partial charge on any atom is -0.392 e. The molecule has 5 nitrogen and oxygen atoms in total. The second-order valence-electron chi connectivity index (χ2n) is 9.01. The van der Waals surface area contributed by atoms with Gasteiger partial charge >= 0.3 is 0 Å². The van der Waals surface area contributed by atoms with Crippen LogP contribution in [0.4, 0.5) is 0 Å². The van der Waals surface area contributed by atoms with Crippen molar-refractivity contribution in [3.8, 4) is 0 Å². The van der Waals surface area contributed by atoms with Crippen molar-refractivity contribution in [2.45, 2.75) is 77.6 Å². The lowest BCUT2D eigenvalue weighted by Crippen LogP contribution is -2.68. The van der Waals surface area contributed by atoms with Crippen LogP contribution in [0.5, 0.6) is 0 Å². The summed E-state index contributed by atoms with van der Waals surface area (Å²) in [6.07, 6.45) is 3.37. The van der Waals surface area contributed by atoms with Gasteiger partial charge in [-0.05, 0) is 61.9 Å². The van der Waals surface area contributed by atoms with Gasteiger partial charge in [-0.2, -0.15) is 0 Å². The van der Waals surface area contributed by atoms with Crippen molar-refractivity contribution < 1.29 is 25.5 Å². The van der Waals surface area contributed by atoms with Gasteiger partial charge in [-0.25, -0.2) is 0 Å². The van der Waals surface area contributed by atoms with Crippen molar-refractivity contribution in [1.29, 1.82) is 0 Å². The fourth-order valence-electron chi connectivity index (χ4n) is 5.53. The summed E-state index contributed by atoms with van der Waals surface area (Å²) in [7, 11) is 0. The highest BCUT2D eigenvalue weighted by Gasteiger charge is 2.64. The van der Waals surface area contributed by atoms with Crippen LogP contribution >= 0.6 is 0 Å². The van der Waals surface area contributed by atoms with Gasteiger partial charge in [0.2, 0.25) is 0 Å². The summed E-state index contributed by atoms with van der Waals surface area (Å²) in [5, 5.41) is 50.5. The van der Waals surface area contributed by atoms with E-state index in [0.29, 0.717) is 18.8 Å². The first-order chi connectivity index (χ1) is 11.5. The van der Waals surface area contributed by atoms with Crippen LogP contribution in [-0.4, -0.2) is 56.6 Å². The van der Waals surface area contributed by atoms with Gasteiger partial charge in [-0.1, -0.05) is 26.8 Å². The summed E-state index contributed by atoms with van der Waals surface area (Å²) >= 11 is 0. The molecule has 146 valence electrons. The van der Waals surface area contributed by atoms with E-state index < -0.39 is 23.2 Å². The molecule has 0 aromatic rings. The maximum absolute atomic E-state index is 11.1. The fourth-order valence-corrected chi connectivity index (χ4v) is 5.53. The van der Waals surface area contributed by atoms with Crippen molar-refractivity contribution in [3.05, 3.63) is 11.6 Å². The van der Waals surface area contributed by atoms with Crippen molar-refractivity contribution in [2.75, 3.05) is 13.2 Å². The molecule has 7 atom stereocenters. The van der Waals surface area contributed by atoms with Gasteiger partial charge in [0.05, 0.1) is 24.9 Å². The Kier molecular flexibility index (Phi) is 6.07. The van der Waals surface area contributed by atoms with E-state index in [1.807, 2.05) is 6.92 Å². The molecular formula is C20H36O5. The van der Waals surface area contributed by atoms with Crippen molar-refractivity contribution in [2.24, 2.45) is 22.7 Å². The molecule has 5 N–H and O–H groups in total.